The van der Waals surface area contributed by atoms with Crippen LogP contribution in [0.4, 0.5) is 4.39 Å². The molecule has 0 radical (unpaired) electrons. The third-order valence-corrected chi connectivity index (χ3v) is 3.93. The van der Waals surface area contributed by atoms with E-state index in [1.807, 2.05) is 26.0 Å². The van der Waals surface area contributed by atoms with Gasteiger partial charge in [0.25, 0.3) is 0 Å². The Hall–Kier alpha value is -1.19. The van der Waals surface area contributed by atoms with Crippen molar-refractivity contribution in [1.82, 2.24) is 5.32 Å². The Bertz CT molecular complexity index is 587. The van der Waals surface area contributed by atoms with E-state index in [0.717, 1.165) is 27.7 Å². The van der Waals surface area contributed by atoms with Crippen molar-refractivity contribution in [2.75, 3.05) is 6.54 Å². The van der Waals surface area contributed by atoms with Gasteiger partial charge in [-0.3, -0.25) is 0 Å². The second-order valence-corrected chi connectivity index (χ2v) is 5.91. The van der Waals surface area contributed by atoms with Gasteiger partial charge in [-0.15, -0.1) is 0 Å². The summed E-state index contributed by atoms with van der Waals surface area (Å²) >= 11 is 3.51. The van der Waals surface area contributed by atoms with E-state index >= 15 is 0 Å². The van der Waals surface area contributed by atoms with Crippen LogP contribution in [0.2, 0.25) is 0 Å². The summed E-state index contributed by atoms with van der Waals surface area (Å²) < 4.78 is 14.5. The minimum Gasteiger partial charge on any atom is -0.307 e. The highest BCUT2D eigenvalue weighted by Gasteiger charge is 2.18. The molecule has 0 saturated carbocycles. The molecule has 1 nitrogen and oxygen atoms in total. The number of benzene rings is 2. The van der Waals surface area contributed by atoms with E-state index in [9.17, 15) is 4.39 Å². The molecule has 0 aromatic heterocycles. The monoisotopic (exact) mass is 335 g/mol. The van der Waals surface area contributed by atoms with Crippen molar-refractivity contribution in [2.45, 2.75) is 26.8 Å². The van der Waals surface area contributed by atoms with E-state index in [-0.39, 0.29) is 11.9 Å². The van der Waals surface area contributed by atoms with Gasteiger partial charge in [-0.25, -0.2) is 4.39 Å². The lowest BCUT2D eigenvalue weighted by atomic mass is 9.91. The van der Waals surface area contributed by atoms with Crippen LogP contribution in [0.3, 0.4) is 0 Å². The Kier molecular flexibility index (Phi) is 4.95. The summed E-state index contributed by atoms with van der Waals surface area (Å²) in [6, 6.07) is 11.5. The molecule has 1 N–H and O–H groups in total. The molecule has 0 fully saturated rings. The lowest BCUT2D eigenvalue weighted by molar-refractivity contribution is 0.606. The standard InChI is InChI=1S/C17H19BrFN/c1-4-20-17(13-6-5-7-14(18)10-13)16-11(2)8-15(19)9-12(16)3/h5-10,17,20H,4H2,1-3H3. The van der Waals surface area contributed by atoms with Gasteiger partial charge in [0.1, 0.15) is 5.82 Å². The number of halogens is 2. The first-order valence-electron chi connectivity index (χ1n) is 6.78. The van der Waals surface area contributed by atoms with E-state index < -0.39 is 0 Å². The SMILES string of the molecule is CCNC(c1cccc(Br)c1)c1c(C)cc(F)cc1C. The molecule has 20 heavy (non-hydrogen) atoms. The highest BCUT2D eigenvalue weighted by Crippen LogP contribution is 2.30. The second-order valence-electron chi connectivity index (χ2n) is 5.00. The van der Waals surface area contributed by atoms with Gasteiger partial charge in [0.2, 0.25) is 0 Å². The van der Waals surface area contributed by atoms with Gasteiger partial charge >= 0.3 is 0 Å². The van der Waals surface area contributed by atoms with Crippen molar-refractivity contribution >= 4 is 15.9 Å². The van der Waals surface area contributed by atoms with Gasteiger partial charge < -0.3 is 5.32 Å². The number of hydrogen-bond acceptors (Lipinski definition) is 1. The first-order valence-corrected chi connectivity index (χ1v) is 7.57. The molecule has 0 saturated heterocycles. The summed E-state index contributed by atoms with van der Waals surface area (Å²) in [6.45, 7) is 6.87. The quantitative estimate of drug-likeness (QED) is 0.837. The molecule has 0 bridgehead atoms. The van der Waals surface area contributed by atoms with Crippen LogP contribution in [0.5, 0.6) is 0 Å². The first kappa shape index (κ1) is 15.2. The molecular formula is C17H19BrFN. The zero-order valence-corrected chi connectivity index (χ0v) is 13.6. The third kappa shape index (κ3) is 3.28. The van der Waals surface area contributed by atoms with Crippen molar-refractivity contribution in [3.05, 3.63) is 68.9 Å². The zero-order chi connectivity index (χ0) is 14.7. The van der Waals surface area contributed by atoms with E-state index in [1.165, 1.54) is 5.56 Å². The summed E-state index contributed by atoms with van der Waals surface area (Å²) in [5, 5.41) is 3.50. The van der Waals surface area contributed by atoms with Crippen molar-refractivity contribution < 1.29 is 4.39 Å². The van der Waals surface area contributed by atoms with Crippen molar-refractivity contribution in [3.63, 3.8) is 0 Å². The van der Waals surface area contributed by atoms with Gasteiger partial charge in [0.05, 0.1) is 6.04 Å². The van der Waals surface area contributed by atoms with Crippen LogP contribution in [0.15, 0.2) is 40.9 Å². The molecule has 0 heterocycles. The zero-order valence-electron chi connectivity index (χ0n) is 12.0. The van der Waals surface area contributed by atoms with Crippen molar-refractivity contribution in [1.29, 1.82) is 0 Å². The van der Waals surface area contributed by atoms with E-state index in [2.05, 4.69) is 40.3 Å². The normalized spacial score (nSPS) is 12.4. The minimum absolute atomic E-state index is 0.0816. The van der Waals surface area contributed by atoms with Crippen molar-refractivity contribution in [2.24, 2.45) is 0 Å². The van der Waals surface area contributed by atoms with Crippen LogP contribution in [0.1, 0.15) is 35.2 Å². The Morgan fingerprint density at radius 1 is 1.15 bits per heavy atom. The number of aryl methyl sites for hydroxylation is 2. The van der Waals surface area contributed by atoms with Crippen LogP contribution in [-0.4, -0.2) is 6.54 Å². The lowest BCUT2D eigenvalue weighted by Gasteiger charge is -2.23. The minimum atomic E-state index is -0.173. The maximum atomic E-state index is 13.5. The smallest absolute Gasteiger partial charge is 0.123 e. The van der Waals surface area contributed by atoms with Crippen LogP contribution in [0, 0.1) is 19.7 Å². The largest absolute Gasteiger partial charge is 0.307 e. The molecule has 0 aliphatic rings. The van der Waals surface area contributed by atoms with Gasteiger partial charge in [-0.1, -0.05) is 35.0 Å². The van der Waals surface area contributed by atoms with E-state index in [4.69, 9.17) is 0 Å². The predicted molar refractivity (Wildman–Crippen MR) is 85.5 cm³/mol. The Labute approximate surface area is 128 Å². The van der Waals surface area contributed by atoms with E-state index in [1.54, 1.807) is 12.1 Å². The number of hydrogen-bond donors (Lipinski definition) is 1. The number of nitrogens with one attached hydrogen (secondary N) is 1. The molecule has 0 amide bonds. The molecule has 1 atom stereocenters. The summed E-state index contributed by atoms with van der Waals surface area (Å²) in [4.78, 5) is 0. The molecule has 0 aliphatic heterocycles. The predicted octanol–water partition coefficient (Wildman–Crippen LogP) is 4.90. The number of rotatable bonds is 4. The summed E-state index contributed by atoms with van der Waals surface area (Å²) in [7, 11) is 0. The summed E-state index contributed by atoms with van der Waals surface area (Å²) in [5.41, 5.74) is 4.30. The van der Waals surface area contributed by atoms with Gasteiger partial charge in [-0.2, -0.15) is 0 Å². The van der Waals surface area contributed by atoms with E-state index in [0.29, 0.717) is 0 Å². The summed E-state index contributed by atoms with van der Waals surface area (Å²) in [6.07, 6.45) is 0. The molecule has 106 valence electrons. The average molecular weight is 336 g/mol. The molecule has 3 heteroatoms. The molecular weight excluding hydrogens is 317 g/mol. The highest BCUT2D eigenvalue weighted by molar-refractivity contribution is 9.10. The van der Waals surface area contributed by atoms with Gasteiger partial charge in [0, 0.05) is 4.47 Å². The van der Waals surface area contributed by atoms with Crippen LogP contribution in [0.25, 0.3) is 0 Å². The fourth-order valence-electron chi connectivity index (χ4n) is 2.65. The molecule has 2 aromatic rings. The fraction of sp³-hybridized carbons (Fsp3) is 0.294. The topological polar surface area (TPSA) is 12.0 Å². The fourth-order valence-corrected chi connectivity index (χ4v) is 3.07. The lowest BCUT2D eigenvalue weighted by Crippen LogP contribution is -2.23. The van der Waals surface area contributed by atoms with Crippen LogP contribution >= 0.6 is 15.9 Å². The van der Waals surface area contributed by atoms with Gasteiger partial charge in [-0.05, 0) is 66.9 Å². The highest BCUT2D eigenvalue weighted by atomic mass is 79.9. The Morgan fingerprint density at radius 2 is 1.80 bits per heavy atom. The van der Waals surface area contributed by atoms with Crippen LogP contribution < -0.4 is 5.32 Å². The molecule has 2 rings (SSSR count). The maximum Gasteiger partial charge on any atom is 0.123 e. The Balaban J connectivity index is 2.54. The Morgan fingerprint density at radius 3 is 2.35 bits per heavy atom. The molecule has 2 aromatic carbocycles. The van der Waals surface area contributed by atoms with Crippen LogP contribution in [-0.2, 0) is 0 Å². The second kappa shape index (κ2) is 6.51. The molecule has 0 spiro atoms. The van der Waals surface area contributed by atoms with Gasteiger partial charge in [0.15, 0.2) is 0 Å². The average Bonchev–Trinajstić information content (AvgIpc) is 2.36. The molecule has 0 aliphatic carbocycles. The maximum absolute atomic E-state index is 13.5. The third-order valence-electron chi connectivity index (χ3n) is 3.44. The summed E-state index contributed by atoms with van der Waals surface area (Å²) in [5.74, 6) is -0.173. The first-order chi connectivity index (χ1) is 9.52. The molecule has 1 unspecified atom stereocenters. The van der Waals surface area contributed by atoms with Crippen molar-refractivity contribution in [3.8, 4) is 0 Å².